The Morgan fingerprint density at radius 2 is 1.80 bits per heavy atom. The van der Waals surface area contributed by atoms with Crippen molar-refractivity contribution in [3.63, 3.8) is 0 Å². The van der Waals surface area contributed by atoms with Gasteiger partial charge in [-0.05, 0) is 18.3 Å². The Morgan fingerprint density at radius 3 is 2.40 bits per heavy atom. The Morgan fingerprint density at radius 1 is 1.13 bits per heavy atom. The van der Waals surface area contributed by atoms with Gasteiger partial charge in [-0.1, -0.05) is 45.0 Å². The molecule has 1 nitrogen and oxygen atoms in total. The summed E-state index contributed by atoms with van der Waals surface area (Å²) in [6.45, 7) is 7.96. The molecule has 2 rings (SSSR count). The Balaban J connectivity index is 1.71. The summed E-state index contributed by atoms with van der Waals surface area (Å²) in [7, 11) is 0. The molecule has 0 unspecified atom stereocenters. The largest absolute Gasteiger partial charge is 0.291 e. The van der Waals surface area contributed by atoms with Crippen molar-refractivity contribution in [2.24, 2.45) is 11.3 Å². The van der Waals surface area contributed by atoms with Crippen LogP contribution < -0.4 is 0 Å². The van der Waals surface area contributed by atoms with Gasteiger partial charge >= 0.3 is 0 Å². The van der Waals surface area contributed by atoms with Crippen molar-refractivity contribution in [3.8, 4) is 11.8 Å². The molecule has 0 bridgehead atoms. The average Bonchev–Trinajstić information content (AvgIpc) is 2.16. The topological polar surface area (TPSA) is 3.24 Å². The van der Waals surface area contributed by atoms with Crippen LogP contribution in [0.1, 0.15) is 46.0 Å². The van der Waals surface area contributed by atoms with E-state index in [2.05, 4.69) is 30.6 Å². The molecule has 84 valence electrons. The first-order valence-electron chi connectivity index (χ1n) is 6.41. The molecule has 0 aromatic rings. The summed E-state index contributed by atoms with van der Waals surface area (Å²) < 4.78 is 0. The van der Waals surface area contributed by atoms with Crippen LogP contribution in [-0.2, 0) is 0 Å². The SMILES string of the molecule is CC(C)C#CCN1CC2(CCCCC2)C1. The van der Waals surface area contributed by atoms with Gasteiger partial charge < -0.3 is 0 Å². The minimum Gasteiger partial charge on any atom is -0.291 e. The van der Waals surface area contributed by atoms with E-state index in [1.807, 2.05) is 0 Å². The molecule has 1 saturated heterocycles. The van der Waals surface area contributed by atoms with Gasteiger partial charge in [0.2, 0.25) is 0 Å². The molecular weight excluding hydrogens is 182 g/mol. The highest BCUT2D eigenvalue weighted by molar-refractivity contribution is 5.07. The van der Waals surface area contributed by atoms with Crippen molar-refractivity contribution in [2.45, 2.75) is 46.0 Å². The maximum Gasteiger partial charge on any atom is 0.0602 e. The number of likely N-dealkylation sites (tertiary alicyclic amines) is 1. The van der Waals surface area contributed by atoms with E-state index in [0.29, 0.717) is 5.92 Å². The van der Waals surface area contributed by atoms with E-state index < -0.39 is 0 Å². The molecule has 0 atom stereocenters. The molecule has 1 spiro atoms. The molecular formula is C14H23N. The van der Waals surface area contributed by atoms with Gasteiger partial charge in [-0.15, -0.1) is 0 Å². The van der Waals surface area contributed by atoms with Crippen LogP contribution in [0.5, 0.6) is 0 Å². The molecule has 0 aromatic heterocycles. The van der Waals surface area contributed by atoms with Gasteiger partial charge in [-0.2, -0.15) is 0 Å². The fourth-order valence-corrected chi connectivity index (χ4v) is 2.99. The van der Waals surface area contributed by atoms with Crippen LogP contribution in [0, 0.1) is 23.2 Å². The summed E-state index contributed by atoms with van der Waals surface area (Å²) in [5.74, 6) is 7.05. The van der Waals surface area contributed by atoms with E-state index in [9.17, 15) is 0 Å². The van der Waals surface area contributed by atoms with Gasteiger partial charge in [0.05, 0.1) is 6.54 Å². The van der Waals surface area contributed by atoms with Crippen LogP contribution in [0.15, 0.2) is 0 Å². The van der Waals surface area contributed by atoms with E-state index in [0.717, 1.165) is 12.0 Å². The van der Waals surface area contributed by atoms with Crippen molar-refractivity contribution in [3.05, 3.63) is 0 Å². The lowest BCUT2D eigenvalue weighted by atomic mass is 9.69. The van der Waals surface area contributed by atoms with Crippen LogP contribution >= 0.6 is 0 Å². The quantitative estimate of drug-likeness (QED) is 0.595. The minimum atomic E-state index is 0.523. The summed E-state index contributed by atoms with van der Waals surface area (Å²) in [5.41, 5.74) is 0.720. The Labute approximate surface area is 94.2 Å². The number of hydrogen-bond acceptors (Lipinski definition) is 1. The Kier molecular flexibility index (Phi) is 3.36. The summed E-state index contributed by atoms with van der Waals surface area (Å²) >= 11 is 0. The maximum absolute atomic E-state index is 3.28. The van der Waals surface area contributed by atoms with Crippen molar-refractivity contribution in [2.75, 3.05) is 19.6 Å². The van der Waals surface area contributed by atoms with Crippen molar-refractivity contribution < 1.29 is 0 Å². The first-order chi connectivity index (χ1) is 7.20. The first-order valence-corrected chi connectivity index (χ1v) is 6.41. The molecule has 1 heterocycles. The number of hydrogen-bond donors (Lipinski definition) is 0. The lowest BCUT2D eigenvalue weighted by molar-refractivity contribution is -0.0185. The normalized spacial score (nSPS) is 24.7. The third kappa shape index (κ3) is 2.75. The smallest absolute Gasteiger partial charge is 0.0602 e. The zero-order valence-electron chi connectivity index (χ0n) is 10.2. The molecule has 0 radical (unpaired) electrons. The van der Waals surface area contributed by atoms with E-state index in [1.54, 1.807) is 0 Å². The monoisotopic (exact) mass is 205 g/mol. The Hall–Kier alpha value is -0.480. The lowest BCUT2D eigenvalue weighted by Gasteiger charge is -2.52. The predicted octanol–water partition coefficient (Wildman–Crippen LogP) is 2.91. The van der Waals surface area contributed by atoms with Crippen LogP contribution in [0.3, 0.4) is 0 Å². The van der Waals surface area contributed by atoms with Gasteiger partial charge in [0.15, 0.2) is 0 Å². The molecule has 1 saturated carbocycles. The molecule has 1 aliphatic carbocycles. The fraction of sp³-hybridized carbons (Fsp3) is 0.857. The van der Waals surface area contributed by atoms with Crippen molar-refractivity contribution >= 4 is 0 Å². The third-order valence-electron chi connectivity index (χ3n) is 3.73. The highest BCUT2D eigenvalue weighted by Crippen LogP contribution is 2.43. The van der Waals surface area contributed by atoms with E-state index in [1.165, 1.54) is 45.2 Å². The third-order valence-corrected chi connectivity index (χ3v) is 3.73. The second-order valence-electron chi connectivity index (χ2n) is 5.68. The van der Waals surface area contributed by atoms with Crippen LogP contribution in [-0.4, -0.2) is 24.5 Å². The standard InChI is InChI=1S/C14H23N/c1-13(2)7-6-10-15-11-14(12-15)8-4-3-5-9-14/h13H,3-5,8-12H2,1-2H3. The van der Waals surface area contributed by atoms with E-state index >= 15 is 0 Å². The average molecular weight is 205 g/mol. The van der Waals surface area contributed by atoms with Crippen LogP contribution in [0.4, 0.5) is 0 Å². The minimum absolute atomic E-state index is 0.523. The number of nitrogens with zero attached hydrogens (tertiary/aromatic N) is 1. The van der Waals surface area contributed by atoms with Gasteiger partial charge in [-0.3, -0.25) is 4.90 Å². The summed E-state index contributed by atoms with van der Waals surface area (Å²) in [6.07, 6.45) is 7.34. The fourth-order valence-electron chi connectivity index (χ4n) is 2.99. The summed E-state index contributed by atoms with van der Waals surface area (Å²) in [6, 6.07) is 0. The predicted molar refractivity (Wildman–Crippen MR) is 64.6 cm³/mol. The van der Waals surface area contributed by atoms with Crippen LogP contribution in [0.25, 0.3) is 0 Å². The number of rotatable bonds is 1. The first kappa shape index (κ1) is 11.0. The molecule has 15 heavy (non-hydrogen) atoms. The van der Waals surface area contributed by atoms with Gasteiger partial charge in [0.25, 0.3) is 0 Å². The highest BCUT2D eigenvalue weighted by atomic mass is 15.2. The summed E-state index contributed by atoms with van der Waals surface area (Å²) in [4.78, 5) is 2.51. The second kappa shape index (κ2) is 4.58. The van der Waals surface area contributed by atoms with E-state index in [-0.39, 0.29) is 0 Å². The molecule has 0 N–H and O–H groups in total. The second-order valence-corrected chi connectivity index (χ2v) is 5.68. The molecule has 1 heteroatoms. The Bertz CT molecular complexity index is 255. The van der Waals surface area contributed by atoms with Crippen molar-refractivity contribution in [1.29, 1.82) is 0 Å². The van der Waals surface area contributed by atoms with Gasteiger partial charge in [-0.25, -0.2) is 0 Å². The zero-order chi connectivity index (χ0) is 10.7. The van der Waals surface area contributed by atoms with Gasteiger partial charge in [0, 0.05) is 19.0 Å². The maximum atomic E-state index is 3.28. The van der Waals surface area contributed by atoms with Crippen molar-refractivity contribution in [1.82, 2.24) is 4.90 Å². The van der Waals surface area contributed by atoms with Crippen LogP contribution in [0.2, 0.25) is 0 Å². The molecule has 0 aromatic carbocycles. The highest BCUT2D eigenvalue weighted by Gasteiger charge is 2.42. The molecule has 1 aliphatic heterocycles. The lowest BCUT2D eigenvalue weighted by Crippen LogP contribution is -2.56. The zero-order valence-corrected chi connectivity index (χ0v) is 10.2. The molecule has 0 amide bonds. The van der Waals surface area contributed by atoms with E-state index in [4.69, 9.17) is 0 Å². The summed E-state index contributed by atoms with van der Waals surface area (Å²) in [5, 5.41) is 0. The van der Waals surface area contributed by atoms with Gasteiger partial charge in [0.1, 0.15) is 0 Å². The molecule has 2 aliphatic rings. The molecule has 2 fully saturated rings.